The number of carbonyl (C=O) groups is 1. The van der Waals surface area contributed by atoms with Crippen molar-refractivity contribution in [1.29, 1.82) is 0 Å². The Morgan fingerprint density at radius 1 is 1.08 bits per heavy atom. The van der Waals surface area contributed by atoms with Gasteiger partial charge < -0.3 is 10.0 Å². The Morgan fingerprint density at radius 2 is 1.83 bits per heavy atom. The SMILES string of the molecule is Cc1cc2c(cc1C(=O)N1CCN(Cc3ccn(C)n3)CC1)c(-c1ccnc(C(C)(C)O)n1)nn2C. The lowest BCUT2D eigenvalue weighted by Gasteiger charge is -2.34. The number of aryl methyl sites for hydroxylation is 3. The highest BCUT2D eigenvalue weighted by Gasteiger charge is 2.26. The largest absolute Gasteiger partial charge is 0.382 e. The molecule has 1 fully saturated rings. The van der Waals surface area contributed by atoms with Crippen molar-refractivity contribution in [2.24, 2.45) is 14.1 Å². The molecule has 5 rings (SSSR count). The fourth-order valence-corrected chi connectivity index (χ4v) is 4.67. The maximum atomic E-state index is 13.6. The summed E-state index contributed by atoms with van der Waals surface area (Å²) < 4.78 is 3.61. The molecule has 4 aromatic rings. The van der Waals surface area contributed by atoms with E-state index in [1.54, 1.807) is 30.8 Å². The number of piperazine rings is 1. The van der Waals surface area contributed by atoms with Crippen LogP contribution in [0.1, 0.15) is 41.3 Å². The first-order valence-corrected chi connectivity index (χ1v) is 12.1. The molecule has 10 nitrogen and oxygen atoms in total. The van der Waals surface area contributed by atoms with Crippen LogP contribution in [0, 0.1) is 6.92 Å². The average molecular weight is 489 g/mol. The number of nitrogens with zero attached hydrogens (tertiary/aromatic N) is 8. The van der Waals surface area contributed by atoms with E-state index in [9.17, 15) is 9.90 Å². The van der Waals surface area contributed by atoms with Gasteiger partial charge in [0, 0.05) is 70.2 Å². The van der Waals surface area contributed by atoms with Gasteiger partial charge in [0.1, 0.15) is 11.3 Å². The van der Waals surface area contributed by atoms with Gasteiger partial charge in [-0.05, 0) is 50.6 Å². The molecule has 0 saturated carbocycles. The highest BCUT2D eigenvalue weighted by molar-refractivity contribution is 6.02. The molecule has 0 radical (unpaired) electrons. The van der Waals surface area contributed by atoms with Gasteiger partial charge in [-0.15, -0.1) is 0 Å². The molecule has 3 aromatic heterocycles. The third kappa shape index (κ3) is 4.61. The molecular weight excluding hydrogens is 456 g/mol. The van der Waals surface area contributed by atoms with Gasteiger partial charge in [-0.2, -0.15) is 10.2 Å². The number of carbonyl (C=O) groups excluding carboxylic acids is 1. The summed E-state index contributed by atoms with van der Waals surface area (Å²) >= 11 is 0. The second kappa shape index (κ2) is 9.11. The van der Waals surface area contributed by atoms with Gasteiger partial charge in [-0.25, -0.2) is 9.97 Å². The van der Waals surface area contributed by atoms with Crippen molar-refractivity contribution in [2.45, 2.75) is 32.9 Å². The normalized spacial score (nSPS) is 15.1. The molecule has 4 heterocycles. The van der Waals surface area contributed by atoms with Crippen LogP contribution in [0.2, 0.25) is 0 Å². The summed E-state index contributed by atoms with van der Waals surface area (Å²) in [6, 6.07) is 7.75. The van der Waals surface area contributed by atoms with Gasteiger partial charge >= 0.3 is 0 Å². The van der Waals surface area contributed by atoms with Crippen LogP contribution in [0.4, 0.5) is 0 Å². The van der Waals surface area contributed by atoms with Crippen LogP contribution in [0.15, 0.2) is 36.7 Å². The Morgan fingerprint density at radius 3 is 2.50 bits per heavy atom. The standard InChI is InChI=1S/C26H32N8O2/c1-17-14-22-20(23(30-32(22)5)21-6-8-27-25(28-21)26(2,3)36)15-19(17)24(35)34-12-10-33(11-13-34)16-18-7-9-31(4)29-18/h6-9,14-15,36H,10-13,16H2,1-5H3. The third-order valence-corrected chi connectivity index (χ3v) is 6.69. The lowest BCUT2D eigenvalue weighted by molar-refractivity contribution is 0.0626. The van der Waals surface area contributed by atoms with E-state index >= 15 is 0 Å². The summed E-state index contributed by atoms with van der Waals surface area (Å²) in [5, 5.41) is 20.4. The smallest absolute Gasteiger partial charge is 0.254 e. The summed E-state index contributed by atoms with van der Waals surface area (Å²) in [5.74, 6) is 0.354. The van der Waals surface area contributed by atoms with Gasteiger partial charge in [-0.1, -0.05) is 0 Å². The number of rotatable bonds is 5. The van der Waals surface area contributed by atoms with Crippen LogP contribution in [0.3, 0.4) is 0 Å². The van der Waals surface area contributed by atoms with E-state index in [4.69, 9.17) is 5.10 Å². The molecular formula is C26H32N8O2. The molecule has 1 amide bonds. The zero-order valence-corrected chi connectivity index (χ0v) is 21.4. The number of aliphatic hydroxyl groups is 1. The first-order valence-electron chi connectivity index (χ1n) is 12.1. The van der Waals surface area contributed by atoms with Crippen LogP contribution < -0.4 is 0 Å². The Labute approximate surface area is 210 Å². The summed E-state index contributed by atoms with van der Waals surface area (Å²) in [6.45, 7) is 9.02. The molecule has 36 heavy (non-hydrogen) atoms. The monoisotopic (exact) mass is 488 g/mol. The summed E-state index contributed by atoms with van der Waals surface area (Å²) in [5.41, 5.74) is 3.65. The van der Waals surface area contributed by atoms with Gasteiger partial charge in [0.2, 0.25) is 0 Å². The van der Waals surface area contributed by atoms with Crippen LogP contribution >= 0.6 is 0 Å². The highest BCUT2D eigenvalue weighted by Crippen LogP contribution is 2.30. The number of fused-ring (bicyclic) bond motifs is 1. The lowest BCUT2D eigenvalue weighted by atomic mass is 10.0. The first kappa shape index (κ1) is 24.1. The van der Waals surface area contributed by atoms with E-state index in [0.717, 1.165) is 41.8 Å². The van der Waals surface area contributed by atoms with Crippen molar-refractivity contribution in [3.63, 3.8) is 0 Å². The zero-order valence-electron chi connectivity index (χ0n) is 21.4. The van der Waals surface area contributed by atoms with E-state index < -0.39 is 5.60 Å². The predicted molar refractivity (Wildman–Crippen MR) is 136 cm³/mol. The van der Waals surface area contributed by atoms with E-state index in [0.29, 0.717) is 35.9 Å². The molecule has 0 aliphatic carbocycles. The average Bonchev–Trinajstić information content (AvgIpc) is 3.40. The fourth-order valence-electron chi connectivity index (χ4n) is 4.67. The van der Waals surface area contributed by atoms with Crippen molar-refractivity contribution < 1.29 is 9.90 Å². The predicted octanol–water partition coefficient (Wildman–Crippen LogP) is 2.26. The molecule has 188 valence electrons. The maximum absolute atomic E-state index is 13.6. The Balaban J connectivity index is 1.40. The van der Waals surface area contributed by atoms with Crippen LogP contribution in [0.5, 0.6) is 0 Å². The highest BCUT2D eigenvalue weighted by atomic mass is 16.3. The van der Waals surface area contributed by atoms with Gasteiger partial charge in [0.15, 0.2) is 5.82 Å². The topological polar surface area (TPSA) is 105 Å². The number of benzene rings is 1. The summed E-state index contributed by atoms with van der Waals surface area (Å²) in [4.78, 5) is 26.6. The van der Waals surface area contributed by atoms with Crippen molar-refractivity contribution in [3.8, 4) is 11.4 Å². The van der Waals surface area contributed by atoms with Gasteiger partial charge in [0.25, 0.3) is 5.91 Å². The summed E-state index contributed by atoms with van der Waals surface area (Å²) in [6.07, 6.45) is 3.58. The number of hydrogen-bond donors (Lipinski definition) is 1. The van der Waals surface area contributed by atoms with Gasteiger partial charge in [0.05, 0.1) is 16.9 Å². The molecule has 1 saturated heterocycles. The molecule has 1 aliphatic rings. The minimum absolute atomic E-state index is 0.0292. The van der Waals surface area contributed by atoms with Crippen LogP contribution in [0.25, 0.3) is 22.3 Å². The molecule has 0 unspecified atom stereocenters. The van der Waals surface area contributed by atoms with Crippen molar-refractivity contribution in [2.75, 3.05) is 26.2 Å². The zero-order chi connectivity index (χ0) is 25.6. The fraction of sp³-hybridized carbons (Fsp3) is 0.423. The van der Waals surface area contributed by atoms with Gasteiger partial charge in [-0.3, -0.25) is 19.1 Å². The van der Waals surface area contributed by atoms with E-state index in [1.165, 1.54) is 0 Å². The molecule has 0 atom stereocenters. The quantitative estimate of drug-likeness (QED) is 0.459. The number of hydrogen-bond acceptors (Lipinski definition) is 7. The summed E-state index contributed by atoms with van der Waals surface area (Å²) in [7, 11) is 3.80. The van der Waals surface area contributed by atoms with Crippen molar-refractivity contribution in [1.82, 2.24) is 39.3 Å². The molecule has 1 aromatic carbocycles. The first-order chi connectivity index (χ1) is 17.1. The minimum Gasteiger partial charge on any atom is -0.382 e. The molecule has 0 bridgehead atoms. The van der Waals surface area contributed by atoms with Crippen LogP contribution in [-0.2, 0) is 26.2 Å². The molecule has 0 spiro atoms. The molecule has 1 N–H and O–H groups in total. The Bertz CT molecular complexity index is 1420. The van der Waals surface area contributed by atoms with E-state index in [1.807, 2.05) is 55.0 Å². The third-order valence-electron chi connectivity index (χ3n) is 6.69. The Kier molecular flexibility index (Phi) is 6.09. The number of aromatic nitrogens is 6. The van der Waals surface area contributed by atoms with E-state index in [-0.39, 0.29) is 5.91 Å². The van der Waals surface area contributed by atoms with Crippen LogP contribution in [-0.4, -0.2) is 76.5 Å². The van der Waals surface area contributed by atoms with Crippen molar-refractivity contribution in [3.05, 3.63) is 59.3 Å². The second-order valence-electron chi connectivity index (χ2n) is 10.0. The molecule has 1 aliphatic heterocycles. The van der Waals surface area contributed by atoms with E-state index in [2.05, 4.69) is 20.0 Å². The molecule has 10 heteroatoms. The minimum atomic E-state index is -1.17. The second-order valence-corrected chi connectivity index (χ2v) is 10.0. The van der Waals surface area contributed by atoms with Crippen molar-refractivity contribution >= 4 is 16.8 Å². The Hall–Kier alpha value is -3.63. The maximum Gasteiger partial charge on any atom is 0.254 e. The number of amides is 1. The lowest BCUT2D eigenvalue weighted by Crippen LogP contribution is -2.48.